The van der Waals surface area contributed by atoms with Crippen LogP contribution >= 0.6 is 11.3 Å². The Balaban J connectivity index is 1.36. The molecule has 1 aliphatic rings. The van der Waals surface area contributed by atoms with Gasteiger partial charge in [0.05, 0.1) is 5.92 Å². The number of ether oxygens (including phenoxy) is 2. The number of nitrogens with one attached hydrogen (secondary N) is 1. The van der Waals surface area contributed by atoms with Crippen LogP contribution in [0.25, 0.3) is 0 Å². The maximum Gasteiger partial charge on any atom is 0.309 e. The van der Waals surface area contributed by atoms with E-state index in [1.807, 2.05) is 12.1 Å². The molecule has 128 valence electrons. The molecular formula is C19H23NO3S. The maximum atomic E-state index is 11.9. The highest BCUT2D eigenvalue weighted by Crippen LogP contribution is 2.17. The number of esters is 1. The highest BCUT2D eigenvalue weighted by molar-refractivity contribution is 7.07. The van der Waals surface area contributed by atoms with Gasteiger partial charge < -0.3 is 14.8 Å². The van der Waals surface area contributed by atoms with Crippen LogP contribution in [0.3, 0.4) is 0 Å². The molecule has 1 saturated heterocycles. The summed E-state index contributed by atoms with van der Waals surface area (Å²) in [6, 6.07) is 10.2. The smallest absolute Gasteiger partial charge is 0.309 e. The molecule has 3 rings (SSSR count). The lowest BCUT2D eigenvalue weighted by Gasteiger charge is -2.20. The molecule has 2 aromatic rings. The first-order chi connectivity index (χ1) is 11.8. The first-order valence-electron chi connectivity index (χ1n) is 8.41. The molecule has 0 amide bonds. The van der Waals surface area contributed by atoms with E-state index in [1.165, 1.54) is 11.1 Å². The number of rotatable bonds is 7. The number of hydrogen-bond donors (Lipinski definition) is 1. The molecule has 1 aromatic heterocycles. The first kappa shape index (κ1) is 17.0. The minimum absolute atomic E-state index is 0.0441. The van der Waals surface area contributed by atoms with Gasteiger partial charge in [0.1, 0.15) is 19.0 Å². The molecule has 0 bridgehead atoms. The summed E-state index contributed by atoms with van der Waals surface area (Å²) >= 11 is 1.72. The highest BCUT2D eigenvalue weighted by atomic mass is 32.1. The third kappa shape index (κ3) is 5.08. The molecule has 0 atom stereocenters. The van der Waals surface area contributed by atoms with Gasteiger partial charge in [0.2, 0.25) is 0 Å². The molecule has 0 saturated carbocycles. The van der Waals surface area contributed by atoms with Gasteiger partial charge in [0.15, 0.2) is 0 Å². The second-order valence-corrected chi connectivity index (χ2v) is 6.77. The molecule has 2 heterocycles. The second kappa shape index (κ2) is 8.85. The summed E-state index contributed by atoms with van der Waals surface area (Å²) < 4.78 is 11.0. The van der Waals surface area contributed by atoms with E-state index in [2.05, 4.69) is 34.3 Å². The summed E-state index contributed by atoms with van der Waals surface area (Å²) in [6.45, 7) is 2.49. The van der Waals surface area contributed by atoms with Gasteiger partial charge in [0.25, 0.3) is 0 Å². The summed E-state index contributed by atoms with van der Waals surface area (Å²) in [5.74, 6) is 0.760. The lowest BCUT2D eigenvalue weighted by atomic mass is 9.99. The van der Waals surface area contributed by atoms with E-state index >= 15 is 0 Å². The van der Waals surface area contributed by atoms with Gasteiger partial charge in [0, 0.05) is 0 Å². The molecule has 4 nitrogen and oxygen atoms in total. The number of benzene rings is 1. The van der Waals surface area contributed by atoms with E-state index in [4.69, 9.17) is 9.47 Å². The highest BCUT2D eigenvalue weighted by Gasteiger charge is 2.21. The number of hydrogen-bond acceptors (Lipinski definition) is 5. The zero-order chi connectivity index (χ0) is 16.6. The Hall–Kier alpha value is -1.85. The topological polar surface area (TPSA) is 47.6 Å². The van der Waals surface area contributed by atoms with Gasteiger partial charge in [-0.1, -0.05) is 12.1 Å². The maximum absolute atomic E-state index is 11.9. The van der Waals surface area contributed by atoms with Crippen LogP contribution in [0.1, 0.15) is 24.0 Å². The van der Waals surface area contributed by atoms with Crippen molar-refractivity contribution >= 4 is 17.3 Å². The van der Waals surface area contributed by atoms with Gasteiger partial charge in [-0.25, -0.2) is 0 Å². The van der Waals surface area contributed by atoms with Gasteiger partial charge in [-0.2, -0.15) is 11.3 Å². The first-order valence-corrected chi connectivity index (χ1v) is 9.36. The number of carbonyl (C=O) groups excluding carboxylic acids is 1. The van der Waals surface area contributed by atoms with Crippen LogP contribution < -0.4 is 10.1 Å². The monoisotopic (exact) mass is 345 g/mol. The largest absolute Gasteiger partial charge is 0.490 e. The quantitative estimate of drug-likeness (QED) is 0.618. The van der Waals surface area contributed by atoms with Crippen molar-refractivity contribution in [3.63, 3.8) is 0 Å². The van der Waals surface area contributed by atoms with Crippen LogP contribution in [0.2, 0.25) is 0 Å². The average molecular weight is 345 g/mol. The van der Waals surface area contributed by atoms with Gasteiger partial charge in [-0.3, -0.25) is 4.79 Å². The molecular weight excluding hydrogens is 322 g/mol. The summed E-state index contributed by atoms with van der Waals surface area (Å²) in [7, 11) is 0. The molecule has 0 unspecified atom stereocenters. The molecule has 5 heteroatoms. The molecule has 0 radical (unpaired) electrons. The van der Waals surface area contributed by atoms with E-state index in [1.54, 1.807) is 11.3 Å². The van der Waals surface area contributed by atoms with Crippen molar-refractivity contribution in [3.8, 4) is 5.75 Å². The zero-order valence-corrected chi connectivity index (χ0v) is 14.5. The van der Waals surface area contributed by atoms with Crippen LogP contribution in [-0.4, -0.2) is 32.3 Å². The van der Waals surface area contributed by atoms with Crippen molar-refractivity contribution in [1.82, 2.24) is 5.32 Å². The fourth-order valence-electron chi connectivity index (χ4n) is 2.81. The minimum Gasteiger partial charge on any atom is -0.490 e. The molecule has 1 fully saturated rings. The Labute approximate surface area is 146 Å². The van der Waals surface area contributed by atoms with E-state index in [0.29, 0.717) is 13.2 Å². The Morgan fingerprint density at radius 1 is 1.08 bits per heavy atom. The lowest BCUT2D eigenvalue weighted by Crippen LogP contribution is -2.33. The van der Waals surface area contributed by atoms with Crippen LogP contribution in [0.4, 0.5) is 0 Å². The van der Waals surface area contributed by atoms with Crippen molar-refractivity contribution in [1.29, 1.82) is 0 Å². The van der Waals surface area contributed by atoms with Crippen LogP contribution in [0.15, 0.2) is 41.1 Å². The normalized spacial score (nSPS) is 15.2. The predicted octanol–water partition coefficient (Wildman–Crippen LogP) is 3.26. The van der Waals surface area contributed by atoms with Crippen LogP contribution in [0, 0.1) is 5.92 Å². The number of piperidine rings is 1. The van der Waals surface area contributed by atoms with Gasteiger partial charge in [-0.15, -0.1) is 0 Å². The molecule has 0 aliphatic carbocycles. The second-order valence-electron chi connectivity index (χ2n) is 5.99. The van der Waals surface area contributed by atoms with E-state index in [9.17, 15) is 4.79 Å². The summed E-state index contributed by atoms with van der Waals surface area (Å²) in [4.78, 5) is 11.9. The lowest BCUT2D eigenvalue weighted by molar-refractivity contribution is -0.150. The van der Waals surface area contributed by atoms with Crippen LogP contribution in [-0.2, 0) is 16.0 Å². The Kier molecular flexibility index (Phi) is 6.26. The number of carbonyl (C=O) groups is 1. The van der Waals surface area contributed by atoms with Crippen molar-refractivity contribution in [2.75, 3.05) is 26.3 Å². The molecule has 1 N–H and O–H groups in total. The third-order valence-corrected chi connectivity index (χ3v) is 4.91. The van der Waals surface area contributed by atoms with E-state index in [-0.39, 0.29) is 11.9 Å². The standard InChI is InChI=1S/C19H23NO3S/c21-19(17-5-8-20-9-6-17)23-11-10-22-18-3-1-15(2-4-18)13-16-7-12-24-14-16/h1-4,7,12,14,17,20H,5-6,8-11,13H2. The predicted molar refractivity (Wildman–Crippen MR) is 95.6 cm³/mol. The van der Waals surface area contributed by atoms with Crippen molar-refractivity contribution in [3.05, 3.63) is 52.2 Å². The van der Waals surface area contributed by atoms with Gasteiger partial charge in [-0.05, 0) is 72.4 Å². The Morgan fingerprint density at radius 2 is 1.88 bits per heavy atom. The van der Waals surface area contributed by atoms with Gasteiger partial charge >= 0.3 is 5.97 Å². The van der Waals surface area contributed by atoms with Crippen molar-refractivity contribution < 1.29 is 14.3 Å². The fourth-order valence-corrected chi connectivity index (χ4v) is 3.48. The molecule has 1 aliphatic heterocycles. The number of thiophene rings is 1. The van der Waals surface area contributed by atoms with Crippen molar-refractivity contribution in [2.45, 2.75) is 19.3 Å². The average Bonchev–Trinajstić information content (AvgIpc) is 3.14. The minimum atomic E-state index is -0.0915. The van der Waals surface area contributed by atoms with E-state index < -0.39 is 0 Å². The summed E-state index contributed by atoms with van der Waals surface area (Å²) in [6.07, 6.45) is 2.67. The Bertz CT molecular complexity index is 619. The zero-order valence-electron chi connectivity index (χ0n) is 13.7. The third-order valence-electron chi connectivity index (χ3n) is 4.18. The van der Waals surface area contributed by atoms with Crippen LogP contribution in [0.5, 0.6) is 5.75 Å². The molecule has 24 heavy (non-hydrogen) atoms. The molecule has 1 aromatic carbocycles. The fraction of sp³-hybridized carbons (Fsp3) is 0.421. The molecule has 0 spiro atoms. The van der Waals surface area contributed by atoms with Crippen molar-refractivity contribution in [2.24, 2.45) is 5.92 Å². The Morgan fingerprint density at radius 3 is 2.58 bits per heavy atom. The summed E-state index contributed by atoms with van der Waals surface area (Å²) in [5, 5.41) is 7.51. The SMILES string of the molecule is O=C(OCCOc1ccc(Cc2ccsc2)cc1)C1CCNCC1. The van der Waals surface area contributed by atoms with E-state index in [0.717, 1.165) is 38.1 Å². The summed E-state index contributed by atoms with van der Waals surface area (Å²) in [5.41, 5.74) is 2.59.